The molecule has 0 aromatic carbocycles. The van der Waals surface area contributed by atoms with E-state index in [2.05, 4.69) is 6.92 Å². The van der Waals surface area contributed by atoms with Crippen LogP contribution in [0.3, 0.4) is 0 Å². The van der Waals surface area contributed by atoms with E-state index in [9.17, 15) is 0 Å². The van der Waals surface area contributed by atoms with Gasteiger partial charge in [-0.1, -0.05) is 13.3 Å². The predicted molar refractivity (Wildman–Crippen MR) is 38.0 cm³/mol. The summed E-state index contributed by atoms with van der Waals surface area (Å²) in [6.07, 6.45) is 5.56. The summed E-state index contributed by atoms with van der Waals surface area (Å²) in [5, 5.41) is 0. The quantitative estimate of drug-likeness (QED) is 0.522. The first-order valence-electron chi connectivity index (χ1n) is 3.98. The molecule has 0 radical (unpaired) electrons. The van der Waals surface area contributed by atoms with Gasteiger partial charge in [0.1, 0.15) is 0 Å². The molecule has 2 rings (SSSR count). The third kappa shape index (κ3) is 0.710. The van der Waals surface area contributed by atoms with E-state index in [1.807, 2.05) is 0 Å². The first-order valence-corrected chi connectivity index (χ1v) is 3.98. The van der Waals surface area contributed by atoms with Gasteiger partial charge in [-0.05, 0) is 30.6 Å². The summed E-state index contributed by atoms with van der Waals surface area (Å²) in [5.74, 6) is 0.957. The van der Waals surface area contributed by atoms with Crippen molar-refractivity contribution in [2.45, 2.75) is 38.6 Å². The van der Waals surface area contributed by atoms with Gasteiger partial charge in [-0.2, -0.15) is 0 Å². The molecule has 0 aliphatic heterocycles. The van der Waals surface area contributed by atoms with Crippen molar-refractivity contribution in [1.29, 1.82) is 0 Å². The molecule has 0 amide bonds. The fraction of sp³-hybridized carbons (Fsp3) is 1.00. The van der Waals surface area contributed by atoms with E-state index < -0.39 is 0 Å². The fourth-order valence-electron chi connectivity index (χ4n) is 2.33. The Morgan fingerprint density at radius 3 is 2.33 bits per heavy atom. The van der Waals surface area contributed by atoms with Gasteiger partial charge in [0.15, 0.2) is 0 Å². The molecule has 0 aromatic heterocycles. The molecule has 0 saturated heterocycles. The minimum atomic E-state index is 0.572. The van der Waals surface area contributed by atoms with Gasteiger partial charge < -0.3 is 5.73 Å². The Morgan fingerprint density at radius 2 is 2.11 bits per heavy atom. The number of hydrogen-bond donors (Lipinski definition) is 1. The minimum Gasteiger partial charge on any atom is -0.327 e. The van der Waals surface area contributed by atoms with Crippen molar-refractivity contribution in [3.63, 3.8) is 0 Å². The largest absolute Gasteiger partial charge is 0.327 e. The summed E-state index contributed by atoms with van der Waals surface area (Å²) >= 11 is 0. The van der Waals surface area contributed by atoms with Gasteiger partial charge >= 0.3 is 0 Å². The Hall–Kier alpha value is -0.0400. The van der Waals surface area contributed by atoms with Crippen LogP contribution in [0.5, 0.6) is 0 Å². The molecule has 9 heavy (non-hydrogen) atoms. The van der Waals surface area contributed by atoms with E-state index in [0.29, 0.717) is 11.5 Å². The van der Waals surface area contributed by atoms with E-state index in [1.165, 1.54) is 25.7 Å². The SMILES string of the molecule is CC1CCC2(C1)CC2N. The molecule has 1 nitrogen and oxygen atoms in total. The van der Waals surface area contributed by atoms with Crippen LogP contribution in [0.4, 0.5) is 0 Å². The van der Waals surface area contributed by atoms with Gasteiger partial charge in [0, 0.05) is 6.04 Å². The highest BCUT2D eigenvalue weighted by Gasteiger charge is 2.54. The van der Waals surface area contributed by atoms with Crippen molar-refractivity contribution in [3.8, 4) is 0 Å². The molecule has 0 bridgehead atoms. The fourth-order valence-corrected chi connectivity index (χ4v) is 2.33. The van der Waals surface area contributed by atoms with Gasteiger partial charge in [0.25, 0.3) is 0 Å². The van der Waals surface area contributed by atoms with Crippen LogP contribution in [0.1, 0.15) is 32.6 Å². The van der Waals surface area contributed by atoms with Crippen molar-refractivity contribution in [2.75, 3.05) is 0 Å². The van der Waals surface area contributed by atoms with E-state index in [4.69, 9.17) is 5.73 Å². The Kier molecular flexibility index (Phi) is 0.963. The molecule has 2 aliphatic carbocycles. The molecule has 52 valence electrons. The minimum absolute atomic E-state index is 0.572. The maximum atomic E-state index is 5.82. The molecule has 0 heterocycles. The number of hydrogen-bond acceptors (Lipinski definition) is 1. The normalized spacial score (nSPS) is 56.7. The summed E-state index contributed by atoms with van der Waals surface area (Å²) in [6.45, 7) is 2.35. The lowest BCUT2D eigenvalue weighted by Gasteiger charge is -2.03. The van der Waals surface area contributed by atoms with Crippen LogP contribution in [-0.2, 0) is 0 Å². The lowest BCUT2D eigenvalue weighted by Crippen LogP contribution is -2.10. The van der Waals surface area contributed by atoms with Crippen molar-refractivity contribution in [3.05, 3.63) is 0 Å². The zero-order valence-electron chi connectivity index (χ0n) is 6.06. The van der Waals surface area contributed by atoms with E-state index >= 15 is 0 Å². The molecule has 3 unspecified atom stereocenters. The highest BCUT2D eigenvalue weighted by Crippen LogP contribution is 2.58. The van der Waals surface area contributed by atoms with Crippen LogP contribution in [0, 0.1) is 11.3 Å². The molecule has 2 fully saturated rings. The smallest absolute Gasteiger partial charge is 0.0102 e. The van der Waals surface area contributed by atoms with Crippen LogP contribution < -0.4 is 5.73 Å². The molecule has 3 atom stereocenters. The molecule has 1 heteroatoms. The summed E-state index contributed by atoms with van der Waals surface area (Å²) in [5.41, 5.74) is 6.48. The van der Waals surface area contributed by atoms with Crippen LogP contribution in [0.2, 0.25) is 0 Å². The van der Waals surface area contributed by atoms with Crippen molar-refractivity contribution in [2.24, 2.45) is 17.1 Å². The summed E-state index contributed by atoms with van der Waals surface area (Å²) < 4.78 is 0. The second kappa shape index (κ2) is 1.51. The second-order valence-corrected chi connectivity index (χ2v) is 4.02. The zero-order chi connectivity index (χ0) is 6.48. The predicted octanol–water partition coefficient (Wildman–Crippen LogP) is 1.52. The molecule has 1 spiro atoms. The molecule has 2 aliphatic rings. The molecule has 2 saturated carbocycles. The lowest BCUT2D eigenvalue weighted by atomic mass is 10.0. The Labute approximate surface area is 56.6 Å². The Balaban J connectivity index is 2.03. The summed E-state index contributed by atoms with van der Waals surface area (Å²) in [6, 6.07) is 0.572. The highest BCUT2D eigenvalue weighted by atomic mass is 14.8. The molecule has 2 N–H and O–H groups in total. The maximum absolute atomic E-state index is 5.82. The van der Waals surface area contributed by atoms with Crippen molar-refractivity contribution < 1.29 is 0 Å². The summed E-state index contributed by atoms with van der Waals surface area (Å²) in [4.78, 5) is 0. The third-order valence-electron chi connectivity index (χ3n) is 3.14. The maximum Gasteiger partial charge on any atom is 0.0102 e. The standard InChI is InChI=1S/C8H15N/c1-6-2-3-8(4-6)5-7(8)9/h6-7H,2-5,9H2,1H3. The monoisotopic (exact) mass is 125 g/mol. The number of nitrogens with two attached hydrogens (primary N) is 1. The topological polar surface area (TPSA) is 26.0 Å². The van der Waals surface area contributed by atoms with E-state index in [-0.39, 0.29) is 0 Å². The van der Waals surface area contributed by atoms with E-state index in [1.54, 1.807) is 0 Å². The second-order valence-electron chi connectivity index (χ2n) is 4.02. The van der Waals surface area contributed by atoms with Gasteiger partial charge in [0.2, 0.25) is 0 Å². The first-order chi connectivity index (χ1) is 4.23. The van der Waals surface area contributed by atoms with Gasteiger partial charge in [-0.25, -0.2) is 0 Å². The van der Waals surface area contributed by atoms with Crippen LogP contribution in [-0.4, -0.2) is 6.04 Å². The molecule has 0 aromatic rings. The highest BCUT2D eigenvalue weighted by molar-refractivity contribution is 5.09. The average Bonchev–Trinajstić information content (AvgIpc) is 2.17. The van der Waals surface area contributed by atoms with Crippen LogP contribution >= 0.6 is 0 Å². The zero-order valence-corrected chi connectivity index (χ0v) is 6.06. The van der Waals surface area contributed by atoms with Crippen molar-refractivity contribution in [1.82, 2.24) is 0 Å². The third-order valence-corrected chi connectivity index (χ3v) is 3.14. The molecular formula is C8H15N. The van der Waals surface area contributed by atoms with Crippen molar-refractivity contribution >= 4 is 0 Å². The molecular weight excluding hydrogens is 110 g/mol. The van der Waals surface area contributed by atoms with Gasteiger partial charge in [-0.3, -0.25) is 0 Å². The van der Waals surface area contributed by atoms with Crippen LogP contribution in [0.15, 0.2) is 0 Å². The first kappa shape index (κ1) is 5.72. The van der Waals surface area contributed by atoms with Gasteiger partial charge in [0.05, 0.1) is 0 Å². The van der Waals surface area contributed by atoms with Gasteiger partial charge in [-0.15, -0.1) is 0 Å². The Morgan fingerprint density at radius 1 is 1.44 bits per heavy atom. The lowest BCUT2D eigenvalue weighted by molar-refractivity contribution is 0.482. The average molecular weight is 125 g/mol. The summed E-state index contributed by atoms with van der Waals surface area (Å²) in [7, 11) is 0. The van der Waals surface area contributed by atoms with E-state index in [0.717, 1.165) is 5.92 Å². The van der Waals surface area contributed by atoms with Crippen LogP contribution in [0.25, 0.3) is 0 Å². The Bertz CT molecular complexity index is 131. The number of rotatable bonds is 0.